The molecule has 0 saturated carbocycles. The highest BCUT2D eigenvalue weighted by molar-refractivity contribution is 4.61. The quantitative estimate of drug-likeness (QED) is 0.241. The van der Waals surface area contributed by atoms with Crippen molar-refractivity contribution in [1.82, 2.24) is 0 Å². The molecule has 0 aromatic rings. The summed E-state index contributed by atoms with van der Waals surface area (Å²) >= 11 is 0. The van der Waals surface area contributed by atoms with Gasteiger partial charge in [-0.2, -0.15) is 0 Å². The van der Waals surface area contributed by atoms with Crippen LogP contribution in [0.1, 0.15) is 130 Å². The molecule has 0 amide bonds. The van der Waals surface area contributed by atoms with Crippen molar-refractivity contribution in [3.05, 3.63) is 0 Å². The van der Waals surface area contributed by atoms with Gasteiger partial charge in [0.15, 0.2) is 0 Å². The lowest BCUT2D eigenvalue weighted by atomic mass is 9.89. The largest absolute Gasteiger partial charge is 0.237 e. The molecule has 0 spiro atoms. The second-order valence-electron chi connectivity index (χ2n) is 8.67. The van der Waals surface area contributed by atoms with E-state index in [1.807, 2.05) is 0 Å². The smallest absolute Gasteiger partial charge is 0.0822 e. The van der Waals surface area contributed by atoms with Gasteiger partial charge in [-0.25, -0.2) is 5.11 Å². The van der Waals surface area contributed by atoms with Crippen molar-refractivity contribution in [1.29, 1.82) is 0 Å². The van der Waals surface area contributed by atoms with E-state index in [1.54, 1.807) is 0 Å². The first kappa shape index (κ1) is 23.0. The van der Waals surface area contributed by atoms with Crippen molar-refractivity contribution in [2.24, 2.45) is 5.41 Å². The van der Waals surface area contributed by atoms with Crippen molar-refractivity contribution < 1.29 is 5.11 Å². The topological polar surface area (TPSA) is 19.9 Å². The molecule has 139 valence electrons. The highest BCUT2D eigenvalue weighted by Gasteiger charge is 2.08. The molecule has 0 aromatic heterocycles. The van der Waals surface area contributed by atoms with Gasteiger partial charge in [0.2, 0.25) is 0 Å². The van der Waals surface area contributed by atoms with Crippen LogP contribution in [0.3, 0.4) is 0 Å². The van der Waals surface area contributed by atoms with E-state index in [0.29, 0.717) is 5.41 Å². The van der Waals surface area contributed by atoms with Gasteiger partial charge in [-0.05, 0) is 18.3 Å². The third-order valence-electron chi connectivity index (χ3n) is 4.82. The Balaban J connectivity index is 3.00. The van der Waals surface area contributed by atoms with Crippen molar-refractivity contribution in [2.75, 3.05) is 6.61 Å². The fourth-order valence-corrected chi connectivity index (χ4v) is 3.23. The normalized spacial score (nSPS) is 12.0. The van der Waals surface area contributed by atoms with E-state index in [4.69, 9.17) is 0 Å². The molecule has 1 heteroatoms. The summed E-state index contributed by atoms with van der Waals surface area (Å²) in [6, 6.07) is 0. The van der Waals surface area contributed by atoms with Crippen LogP contribution >= 0.6 is 0 Å². The lowest BCUT2D eigenvalue weighted by Crippen LogP contribution is -2.03. The summed E-state index contributed by atoms with van der Waals surface area (Å²) in [6.45, 7) is 7.17. The summed E-state index contributed by atoms with van der Waals surface area (Å²) in [5.74, 6) is 0. The third kappa shape index (κ3) is 22.0. The Labute approximate surface area is 147 Å². The van der Waals surface area contributed by atoms with Crippen LogP contribution in [0, 0.1) is 5.41 Å². The Morgan fingerprint density at radius 3 is 0.957 bits per heavy atom. The van der Waals surface area contributed by atoms with E-state index >= 15 is 0 Å². The van der Waals surface area contributed by atoms with E-state index in [2.05, 4.69) is 20.8 Å². The molecule has 1 nitrogen and oxygen atoms in total. The molecule has 0 atom stereocenters. The summed E-state index contributed by atoms with van der Waals surface area (Å²) in [5.41, 5.74) is 0.525. The summed E-state index contributed by atoms with van der Waals surface area (Å²) in [7, 11) is 0. The predicted molar refractivity (Wildman–Crippen MR) is 103 cm³/mol. The van der Waals surface area contributed by atoms with Crippen molar-refractivity contribution in [3.8, 4) is 0 Å². The zero-order chi connectivity index (χ0) is 17.2. The van der Waals surface area contributed by atoms with Crippen molar-refractivity contribution in [3.63, 3.8) is 0 Å². The molecule has 0 aliphatic carbocycles. The second-order valence-corrected chi connectivity index (χ2v) is 8.67. The molecule has 0 fully saturated rings. The van der Waals surface area contributed by atoms with Crippen LogP contribution in [0.2, 0.25) is 0 Å². The number of unbranched alkanes of at least 4 members (excludes halogenated alkanes) is 15. The highest BCUT2D eigenvalue weighted by Crippen LogP contribution is 2.22. The highest BCUT2D eigenvalue weighted by atomic mass is 16.2. The van der Waals surface area contributed by atoms with Crippen LogP contribution in [0.15, 0.2) is 0 Å². The van der Waals surface area contributed by atoms with Gasteiger partial charge in [0.05, 0.1) is 6.61 Å². The van der Waals surface area contributed by atoms with Crippen molar-refractivity contribution in [2.45, 2.75) is 130 Å². The molecule has 0 bridgehead atoms. The van der Waals surface area contributed by atoms with Gasteiger partial charge in [-0.1, -0.05) is 117 Å². The second kappa shape index (κ2) is 16.8. The molecule has 1 radical (unpaired) electrons. The first-order chi connectivity index (χ1) is 11.1. The van der Waals surface area contributed by atoms with Crippen LogP contribution < -0.4 is 0 Å². The van der Waals surface area contributed by atoms with Crippen LogP contribution in [-0.4, -0.2) is 6.61 Å². The molecular formula is C22H45O. The Kier molecular flexibility index (Phi) is 16.8. The minimum atomic E-state index is 0.122. The zero-order valence-electron chi connectivity index (χ0n) is 16.6. The average Bonchev–Trinajstić information content (AvgIpc) is 2.49. The van der Waals surface area contributed by atoms with E-state index in [1.165, 1.54) is 96.3 Å². The maximum Gasteiger partial charge on any atom is 0.0822 e. The van der Waals surface area contributed by atoms with Gasteiger partial charge >= 0.3 is 0 Å². The van der Waals surface area contributed by atoms with Gasteiger partial charge in [-0.15, -0.1) is 0 Å². The maximum absolute atomic E-state index is 10.3. The molecule has 0 saturated heterocycles. The molecule has 0 aliphatic heterocycles. The fourth-order valence-electron chi connectivity index (χ4n) is 3.23. The molecule has 0 unspecified atom stereocenters. The molecule has 0 rings (SSSR count). The van der Waals surface area contributed by atoms with Crippen LogP contribution in [0.5, 0.6) is 0 Å². The predicted octanol–water partition coefficient (Wildman–Crippen LogP) is 8.09. The van der Waals surface area contributed by atoms with E-state index in [0.717, 1.165) is 12.8 Å². The lowest BCUT2D eigenvalue weighted by Gasteiger charge is -2.17. The van der Waals surface area contributed by atoms with Gasteiger partial charge in [0.1, 0.15) is 0 Å². The minimum Gasteiger partial charge on any atom is -0.237 e. The van der Waals surface area contributed by atoms with Crippen molar-refractivity contribution >= 4 is 0 Å². The van der Waals surface area contributed by atoms with E-state index in [-0.39, 0.29) is 6.61 Å². The Hall–Kier alpha value is -0.0400. The summed E-state index contributed by atoms with van der Waals surface area (Å²) in [5, 5.41) is 10.3. The average molecular weight is 326 g/mol. The van der Waals surface area contributed by atoms with Crippen LogP contribution in [-0.2, 0) is 5.11 Å². The molecule has 23 heavy (non-hydrogen) atoms. The first-order valence-corrected chi connectivity index (χ1v) is 10.6. The number of hydrogen-bond acceptors (Lipinski definition) is 0. The molecule has 0 N–H and O–H groups in total. The number of rotatable bonds is 17. The Bertz CT molecular complexity index is 217. The van der Waals surface area contributed by atoms with Crippen LogP contribution in [0.4, 0.5) is 0 Å². The van der Waals surface area contributed by atoms with Gasteiger partial charge in [0, 0.05) is 0 Å². The summed E-state index contributed by atoms with van der Waals surface area (Å²) in [4.78, 5) is 0. The third-order valence-corrected chi connectivity index (χ3v) is 4.82. The summed E-state index contributed by atoms with van der Waals surface area (Å²) < 4.78 is 0. The SMILES string of the molecule is CC(C)(C)CCCCCCCCCCCCCCCCCC[O]. The van der Waals surface area contributed by atoms with E-state index < -0.39 is 0 Å². The Morgan fingerprint density at radius 1 is 0.435 bits per heavy atom. The standard InChI is InChI=1S/C22H45O/c1-22(2,3)20-18-16-14-12-10-8-6-4-5-7-9-11-13-15-17-19-21-23/h4-21H2,1-3H3. The van der Waals surface area contributed by atoms with Gasteiger partial charge < -0.3 is 0 Å². The maximum atomic E-state index is 10.3. The first-order valence-electron chi connectivity index (χ1n) is 10.6. The summed E-state index contributed by atoms with van der Waals surface area (Å²) in [6.07, 6.45) is 23.2. The molecule has 0 aromatic carbocycles. The number of hydrogen-bond donors (Lipinski definition) is 0. The van der Waals surface area contributed by atoms with E-state index in [9.17, 15) is 5.11 Å². The zero-order valence-corrected chi connectivity index (χ0v) is 16.6. The molecule has 0 aliphatic rings. The minimum absolute atomic E-state index is 0.122. The lowest BCUT2D eigenvalue weighted by molar-refractivity contribution is 0.186. The molecule has 0 heterocycles. The monoisotopic (exact) mass is 325 g/mol. The molecular weight excluding hydrogens is 280 g/mol. The fraction of sp³-hybridized carbons (Fsp3) is 1.00. The van der Waals surface area contributed by atoms with Crippen LogP contribution in [0.25, 0.3) is 0 Å². The Morgan fingerprint density at radius 2 is 0.696 bits per heavy atom. The van der Waals surface area contributed by atoms with Gasteiger partial charge in [0.25, 0.3) is 0 Å². The van der Waals surface area contributed by atoms with Gasteiger partial charge in [-0.3, -0.25) is 0 Å².